The number of hydrogen-bond donors (Lipinski definition) is 0. The third kappa shape index (κ3) is 5.46. The van der Waals surface area contributed by atoms with E-state index in [2.05, 4.69) is 44.0 Å². The first kappa shape index (κ1) is 23.1. The van der Waals surface area contributed by atoms with Crippen LogP contribution in [0.4, 0.5) is 5.69 Å². The molecule has 4 rings (SSSR count). The van der Waals surface area contributed by atoms with Crippen molar-refractivity contribution >= 4 is 33.6 Å². The molecule has 1 aliphatic rings. The predicted molar refractivity (Wildman–Crippen MR) is 135 cm³/mol. The fourth-order valence-corrected chi connectivity index (χ4v) is 9.80. The quantitative estimate of drug-likeness (QED) is 0.390. The molecule has 32 heavy (non-hydrogen) atoms. The molecule has 2 aromatic carbocycles. The van der Waals surface area contributed by atoms with E-state index in [-0.39, 0.29) is 11.9 Å². The zero-order valence-electron chi connectivity index (χ0n) is 19.5. The SMILES string of the molecule is [CH3][Sn]([CH3])([CH3])[c]1ccccc1CCN1CCC(N(C(=O)c2ccco2)c2ccccc2)CC1. The molecule has 0 bridgehead atoms. The third-order valence-corrected chi connectivity index (χ3v) is 12.4. The summed E-state index contributed by atoms with van der Waals surface area (Å²) in [5, 5.41) is 0. The van der Waals surface area contributed by atoms with E-state index in [0.717, 1.165) is 44.6 Å². The molecule has 2 heterocycles. The van der Waals surface area contributed by atoms with Crippen molar-refractivity contribution in [3.05, 3.63) is 84.3 Å². The summed E-state index contributed by atoms with van der Waals surface area (Å²) in [4.78, 5) is 25.2. The summed E-state index contributed by atoms with van der Waals surface area (Å²) < 4.78 is 7.09. The van der Waals surface area contributed by atoms with Crippen LogP contribution in [0.2, 0.25) is 14.8 Å². The van der Waals surface area contributed by atoms with Crippen LogP contribution in [-0.4, -0.2) is 54.9 Å². The maximum atomic E-state index is 13.3. The number of carbonyl (C=O) groups excluding carboxylic acids is 1. The van der Waals surface area contributed by atoms with Gasteiger partial charge in [0.05, 0.1) is 6.26 Å². The summed E-state index contributed by atoms with van der Waals surface area (Å²) in [5.41, 5.74) is 2.48. The molecule has 1 fully saturated rings. The van der Waals surface area contributed by atoms with Gasteiger partial charge in [0, 0.05) is 0 Å². The predicted octanol–water partition coefficient (Wildman–Crippen LogP) is 5.18. The van der Waals surface area contributed by atoms with Gasteiger partial charge in [0.1, 0.15) is 0 Å². The van der Waals surface area contributed by atoms with Crippen LogP contribution in [-0.2, 0) is 6.42 Å². The average molecular weight is 537 g/mol. The van der Waals surface area contributed by atoms with Crippen molar-refractivity contribution in [3.8, 4) is 0 Å². The molecule has 168 valence electrons. The molecule has 1 aliphatic heterocycles. The van der Waals surface area contributed by atoms with Gasteiger partial charge >= 0.3 is 178 Å². The normalized spacial score (nSPS) is 15.6. The minimum atomic E-state index is -2.11. The molecule has 1 amide bonds. The molecule has 0 unspecified atom stereocenters. The first-order valence-corrected chi connectivity index (χ1v) is 21.7. The Bertz CT molecular complexity index is 1000. The van der Waals surface area contributed by atoms with Crippen molar-refractivity contribution in [3.63, 3.8) is 0 Å². The Morgan fingerprint density at radius 1 is 0.969 bits per heavy atom. The Labute approximate surface area is 196 Å². The molecule has 3 aromatic rings. The van der Waals surface area contributed by atoms with Crippen LogP contribution in [0.1, 0.15) is 29.0 Å². The number of rotatable bonds is 7. The third-order valence-electron chi connectivity index (χ3n) is 6.43. The molecule has 0 radical (unpaired) electrons. The van der Waals surface area contributed by atoms with Crippen LogP contribution in [0.3, 0.4) is 0 Å². The van der Waals surface area contributed by atoms with E-state index < -0.39 is 18.4 Å². The van der Waals surface area contributed by atoms with E-state index in [9.17, 15) is 4.79 Å². The number of amides is 1. The number of furan rings is 1. The number of piperidine rings is 1. The number of para-hydroxylation sites is 1. The summed E-state index contributed by atoms with van der Waals surface area (Å²) in [6, 6.07) is 22.8. The average Bonchev–Trinajstić information content (AvgIpc) is 3.34. The van der Waals surface area contributed by atoms with E-state index >= 15 is 0 Å². The van der Waals surface area contributed by atoms with E-state index in [1.807, 2.05) is 35.2 Å². The van der Waals surface area contributed by atoms with Crippen LogP contribution in [0.25, 0.3) is 0 Å². The Hall–Kier alpha value is -2.05. The number of nitrogens with zero attached hydrogens (tertiary/aromatic N) is 2. The summed E-state index contributed by atoms with van der Waals surface area (Å²) >= 11 is -2.11. The van der Waals surface area contributed by atoms with Gasteiger partial charge in [-0.3, -0.25) is 0 Å². The van der Waals surface area contributed by atoms with Gasteiger partial charge in [0.15, 0.2) is 0 Å². The van der Waals surface area contributed by atoms with Gasteiger partial charge in [-0.1, -0.05) is 6.07 Å². The van der Waals surface area contributed by atoms with Gasteiger partial charge < -0.3 is 0 Å². The number of benzene rings is 2. The van der Waals surface area contributed by atoms with Gasteiger partial charge in [-0.15, -0.1) is 0 Å². The van der Waals surface area contributed by atoms with Crippen molar-refractivity contribution in [1.29, 1.82) is 0 Å². The maximum absolute atomic E-state index is 13.3. The molecule has 1 saturated heterocycles. The second-order valence-electron chi connectivity index (χ2n) is 9.72. The van der Waals surface area contributed by atoms with Gasteiger partial charge in [0.2, 0.25) is 0 Å². The van der Waals surface area contributed by atoms with E-state index in [4.69, 9.17) is 4.42 Å². The summed E-state index contributed by atoms with van der Waals surface area (Å²) in [7, 11) is 0. The second-order valence-corrected chi connectivity index (χ2v) is 24.1. The first-order valence-electron chi connectivity index (χ1n) is 11.7. The molecule has 0 atom stereocenters. The summed E-state index contributed by atoms with van der Waals surface area (Å²) in [5.74, 6) is 0.354. The first-order chi connectivity index (χ1) is 15.4. The van der Waals surface area contributed by atoms with Gasteiger partial charge in [0.25, 0.3) is 0 Å². The molecule has 0 N–H and O–H groups in total. The molecule has 0 aliphatic carbocycles. The topological polar surface area (TPSA) is 36.7 Å². The zero-order chi connectivity index (χ0) is 22.6. The van der Waals surface area contributed by atoms with E-state index in [1.165, 1.54) is 5.56 Å². The molecule has 0 saturated carbocycles. The van der Waals surface area contributed by atoms with Crippen molar-refractivity contribution < 1.29 is 9.21 Å². The standard InChI is InChI=1S/C24H25N2O2.3CH3.Sn/c27-24(23-12-7-19-28-23)26(21-10-5-2-6-11-21)22-14-17-25(18-15-22)16-13-20-8-3-1-4-9-20;;;;/h1-8,10-12,19,22H,13-18H2;3*1H3;. The van der Waals surface area contributed by atoms with E-state index in [0.29, 0.717) is 5.76 Å². The van der Waals surface area contributed by atoms with Crippen LogP contribution >= 0.6 is 0 Å². The monoisotopic (exact) mass is 538 g/mol. The molecule has 5 heteroatoms. The van der Waals surface area contributed by atoms with Crippen molar-refractivity contribution in [2.45, 2.75) is 40.1 Å². The van der Waals surface area contributed by atoms with Crippen molar-refractivity contribution in [1.82, 2.24) is 4.90 Å². The van der Waals surface area contributed by atoms with Crippen molar-refractivity contribution in [2.75, 3.05) is 24.5 Å². The number of carbonyl (C=O) groups is 1. The second kappa shape index (κ2) is 10.3. The number of anilines is 1. The van der Waals surface area contributed by atoms with Crippen LogP contribution in [0.5, 0.6) is 0 Å². The Kier molecular flexibility index (Phi) is 7.41. The molecule has 1 aromatic heterocycles. The van der Waals surface area contributed by atoms with Gasteiger partial charge in [-0.2, -0.15) is 0 Å². The fourth-order valence-electron chi connectivity index (χ4n) is 4.75. The van der Waals surface area contributed by atoms with E-state index in [1.54, 1.807) is 22.0 Å². The Morgan fingerprint density at radius 3 is 2.31 bits per heavy atom. The molecule has 4 nitrogen and oxygen atoms in total. The van der Waals surface area contributed by atoms with Gasteiger partial charge in [-0.05, 0) is 6.07 Å². The fraction of sp³-hybridized carbons (Fsp3) is 0.370. The molecular weight excluding hydrogens is 503 g/mol. The van der Waals surface area contributed by atoms with Crippen LogP contribution < -0.4 is 8.48 Å². The van der Waals surface area contributed by atoms with Crippen LogP contribution in [0.15, 0.2) is 77.4 Å². The summed E-state index contributed by atoms with van der Waals surface area (Å²) in [6.45, 7) is 3.12. The molecular formula is C27H34N2O2Sn. The molecule has 0 spiro atoms. The number of hydrogen-bond acceptors (Lipinski definition) is 3. The Morgan fingerprint density at radius 2 is 1.66 bits per heavy atom. The summed E-state index contributed by atoms with van der Waals surface area (Å²) in [6.07, 6.45) is 4.63. The minimum absolute atomic E-state index is 0.0498. The number of likely N-dealkylation sites (tertiary alicyclic amines) is 1. The van der Waals surface area contributed by atoms with Crippen LogP contribution in [0, 0.1) is 0 Å². The van der Waals surface area contributed by atoms with Crippen molar-refractivity contribution in [2.24, 2.45) is 0 Å². The Balaban J connectivity index is 1.41. The van der Waals surface area contributed by atoms with Gasteiger partial charge in [-0.25, -0.2) is 0 Å². The zero-order valence-corrected chi connectivity index (χ0v) is 22.3.